The van der Waals surface area contributed by atoms with Gasteiger partial charge in [0.25, 0.3) is 0 Å². The summed E-state index contributed by atoms with van der Waals surface area (Å²) >= 11 is 0. The summed E-state index contributed by atoms with van der Waals surface area (Å²) in [5.41, 5.74) is 2.97. The van der Waals surface area contributed by atoms with Crippen LogP contribution in [0.3, 0.4) is 0 Å². The Hall–Kier alpha value is -1.57. The molecule has 1 aromatic carbocycles. The molecule has 0 radical (unpaired) electrons. The van der Waals surface area contributed by atoms with Gasteiger partial charge in [-0.1, -0.05) is 37.3 Å². The molecule has 1 unspecified atom stereocenters. The third-order valence-corrected chi connectivity index (χ3v) is 5.27. The average molecular weight is 270 g/mol. The normalized spacial score (nSPS) is 26.5. The zero-order chi connectivity index (χ0) is 14.4. The number of hydrogen-bond acceptors (Lipinski definition) is 2. The van der Waals surface area contributed by atoms with Crippen LogP contribution in [0.4, 0.5) is 0 Å². The van der Waals surface area contributed by atoms with Gasteiger partial charge in [-0.25, -0.2) is 4.79 Å². The number of fused-ring (bicyclic) bond motifs is 1. The number of esters is 1. The SMILES string of the molecule is C=C(C)C(=O)OC1(C)Cc2ccccc2CC12CCC2. The second-order valence-corrected chi connectivity index (χ2v) is 6.66. The van der Waals surface area contributed by atoms with Gasteiger partial charge < -0.3 is 4.74 Å². The van der Waals surface area contributed by atoms with Gasteiger partial charge in [-0.2, -0.15) is 0 Å². The van der Waals surface area contributed by atoms with Crippen LogP contribution in [-0.2, 0) is 22.4 Å². The zero-order valence-electron chi connectivity index (χ0n) is 12.4. The second-order valence-electron chi connectivity index (χ2n) is 6.66. The Morgan fingerprint density at radius 2 is 1.80 bits per heavy atom. The molecule has 1 fully saturated rings. The molecular formula is C18H22O2. The number of ether oxygens (including phenoxy) is 1. The van der Waals surface area contributed by atoms with Crippen molar-refractivity contribution in [3.63, 3.8) is 0 Å². The van der Waals surface area contributed by atoms with Crippen LogP contribution < -0.4 is 0 Å². The Kier molecular flexibility index (Phi) is 3.00. The molecule has 1 saturated carbocycles. The maximum atomic E-state index is 12.0. The first-order valence-electron chi connectivity index (χ1n) is 7.41. The maximum absolute atomic E-state index is 12.0. The number of benzene rings is 1. The smallest absolute Gasteiger partial charge is 0.333 e. The van der Waals surface area contributed by atoms with Crippen molar-refractivity contribution in [3.05, 3.63) is 47.5 Å². The molecule has 3 rings (SSSR count). The molecule has 2 aliphatic carbocycles. The minimum Gasteiger partial charge on any atom is -0.455 e. The standard InChI is InChI=1S/C18H22O2/c1-13(2)16(19)20-17(3)11-14-7-4-5-8-15(14)12-18(17)9-6-10-18/h4-5,7-8H,1,6,9-12H2,2-3H3. The van der Waals surface area contributed by atoms with Gasteiger partial charge in [-0.05, 0) is 44.2 Å². The van der Waals surface area contributed by atoms with Gasteiger partial charge in [0.1, 0.15) is 5.60 Å². The number of carbonyl (C=O) groups excluding carboxylic acids is 1. The first kappa shape index (κ1) is 13.4. The van der Waals surface area contributed by atoms with Crippen molar-refractivity contribution in [2.75, 3.05) is 0 Å². The van der Waals surface area contributed by atoms with Gasteiger partial charge in [-0.3, -0.25) is 0 Å². The summed E-state index contributed by atoms with van der Waals surface area (Å²) < 4.78 is 5.92. The van der Waals surface area contributed by atoms with Crippen molar-refractivity contribution in [2.45, 2.75) is 51.6 Å². The van der Waals surface area contributed by atoms with Crippen LogP contribution in [-0.4, -0.2) is 11.6 Å². The maximum Gasteiger partial charge on any atom is 0.333 e. The fourth-order valence-corrected chi connectivity index (χ4v) is 3.75. The number of rotatable bonds is 2. The highest BCUT2D eigenvalue weighted by molar-refractivity contribution is 5.87. The molecule has 20 heavy (non-hydrogen) atoms. The van der Waals surface area contributed by atoms with E-state index in [0.29, 0.717) is 5.57 Å². The lowest BCUT2D eigenvalue weighted by Gasteiger charge is -2.56. The van der Waals surface area contributed by atoms with E-state index < -0.39 is 5.60 Å². The van der Waals surface area contributed by atoms with E-state index in [-0.39, 0.29) is 11.4 Å². The molecule has 0 amide bonds. The fraction of sp³-hybridized carbons (Fsp3) is 0.500. The van der Waals surface area contributed by atoms with E-state index in [1.807, 2.05) is 0 Å². The molecule has 0 N–H and O–H groups in total. The molecule has 1 atom stereocenters. The Balaban J connectivity index is 1.96. The summed E-state index contributed by atoms with van der Waals surface area (Å²) in [5.74, 6) is -0.252. The minimum atomic E-state index is -0.393. The molecule has 2 aliphatic rings. The van der Waals surface area contributed by atoms with Gasteiger partial charge >= 0.3 is 5.97 Å². The van der Waals surface area contributed by atoms with Crippen LogP contribution in [0.5, 0.6) is 0 Å². The first-order chi connectivity index (χ1) is 9.46. The summed E-state index contributed by atoms with van der Waals surface area (Å²) in [7, 11) is 0. The average Bonchev–Trinajstić information content (AvgIpc) is 2.35. The molecule has 2 nitrogen and oxygen atoms in total. The minimum absolute atomic E-state index is 0.131. The lowest BCUT2D eigenvalue weighted by Crippen LogP contribution is -2.58. The molecular weight excluding hydrogens is 248 g/mol. The monoisotopic (exact) mass is 270 g/mol. The second kappa shape index (κ2) is 4.47. The van der Waals surface area contributed by atoms with E-state index in [1.165, 1.54) is 17.5 Å². The topological polar surface area (TPSA) is 26.3 Å². The Bertz CT molecular complexity index is 569. The van der Waals surface area contributed by atoms with Gasteiger partial charge in [0, 0.05) is 17.4 Å². The number of carbonyl (C=O) groups is 1. The molecule has 0 aromatic heterocycles. The number of hydrogen-bond donors (Lipinski definition) is 0. The van der Waals surface area contributed by atoms with Crippen LogP contribution in [0.25, 0.3) is 0 Å². The van der Waals surface area contributed by atoms with Crippen molar-refractivity contribution in [1.29, 1.82) is 0 Å². The van der Waals surface area contributed by atoms with E-state index in [4.69, 9.17) is 4.74 Å². The molecule has 0 aliphatic heterocycles. The predicted octanol–water partition coefficient (Wildman–Crippen LogP) is 3.83. The van der Waals surface area contributed by atoms with E-state index >= 15 is 0 Å². The van der Waals surface area contributed by atoms with E-state index in [9.17, 15) is 4.79 Å². The molecule has 1 aromatic rings. The summed E-state index contributed by atoms with van der Waals surface area (Å²) in [5, 5.41) is 0. The highest BCUT2D eigenvalue weighted by Crippen LogP contribution is 2.57. The van der Waals surface area contributed by atoms with Crippen molar-refractivity contribution in [2.24, 2.45) is 5.41 Å². The Morgan fingerprint density at radius 1 is 1.20 bits per heavy atom. The quantitative estimate of drug-likeness (QED) is 0.603. The van der Waals surface area contributed by atoms with Crippen LogP contribution in [0.2, 0.25) is 0 Å². The summed E-state index contributed by atoms with van der Waals surface area (Å²) in [6.45, 7) is 7.55. The lowest BCUT2D eigenvalue weighted by molar-refractivity contribution is -0.183. The van der Waals surface area contributed by atoms with Crippen LogP contribution in [0.1, 0.15) is 44.2 Å². The van der Waals surface area contributed by atoms with Gasteiger partial charge in [0.15, 0.2) is 0 Å². The highest BCUT2D eigenvalue weighted by atomic mass is 16.6. The lowest BCUT2D eigenvalue weighted by atomic mass is 9.52. The van der Waals surface area contributed by atoms with E-state index in [1.54, 1.807) is 6.92 Å². The Labute approximate surface area is 120 Å². The molecule has 106 valence electrons. The van der Waals surface area contributed by atoms with Crippen molar-refractivity contribution >= 4 is 5.97 Å². The van der Waals surface area contributed by atoms with Crippen molar-refractivity contribution < 1.29 is 9.53 Å². The third-order valence-electron chi connectivity index (χ3n) is 5.27. The van der Waals surface area contributed by atoms with Crippen molar-refractivity contribution in [1.82, 2.24) is 0 Å². The van der Waals surface area contributed by atoms with Gasteiger partial charge in [0.2, 0.25) is 0 Å². The fourth-order valence-electron chi connectivity index (χ4n) is 3.75. The third kappa shape index (κ3) is 1.90. The first-order valence-corrected chi connectivity index (χ1v) is 7.41. The van der Waals surface area contributed by atoms with Gasteiger partial charge in [0.05, 0.1) is 0 Å². The largest absolute Gasteiger partial charge is 0.455 e. The van der Waals surface area contributed by atoms with Gasteiger partial charge in [-0.15, -0.1) is 0 Å². The molecule has 0 bridgehead atoms. The van der Waals surface area contributed by atoms with Crippen LogP contribution in [0.15, 0.2) is 36.4 Å². The molecule has 1 spiro atoms. The Morgan fingerprint density at radius 3 is 2.30 bits per heavy atom. The van der Waals surface area contributed by atoms with E-state index in [2.05, 4.69) is 37.8 Å². The summed E-state index contributed by atoms with van der Waals surface area (Å²) in [6.07, 6.45) is 5.40. The van der Waals surface area contributed by atoms with Crippen LogP contribution >= 0.6 is 0 Å². The summed E-state index contributed by atoms with van der Waals surface area (Å²) in [6, 6.07) is 8.55. The molecule has 2 heteroatoms. The van der Waals surface area contributed by atoms with Crippen LogP contribution in [0, 0.1) is 5.41 Å². The zero-order valence-corrected chi connectivity index (χ0v) is 12.4. The highest BCUT2D eigenvalue weighted by Gasteiger charge is 2.56. The molecule has 0 heterocycles. The molecule has 0 saturated heterocycles. The van der Waals surface area contributed by atoms with E-state index in [0.717, 1.165) is 25.7 Å². The van der Waals surface area contributed by atoms with Crippen molar-refractivity contribution in [3.8, 4) is 0 Å². The summed E-state index contributed by atoms with van der Waals surface area (Å²) in [4.78, 5) is 12.0. The predicted molar refractivity (Wildman–Crippen MR) is 79.4 cm³/mol.